The number of hydrogen-bond donors (Lipinski definition) is 0. The number of aromatic nitrogens is 2. The number of halogens is 4. The second-order valence-corrected chi connectivity index (χ2v) is 9.87. The molecule has 0 aliphatic carbocycles. The molecule has 1 aromatic carbocycles. The third-order valence-electron chi connectivity index (χ3n) is 5.35. The van der Waals surface area contributed by atoms with Gasteiger partial charge in [0, 0.05) is 37.8 Å². The highest BCUT2D eigenvalue weighted by Crippen LogP contribution is 2.31. The summed E-state index contributed by atoms with van der Waals surface area (Å²) in [4.78, 5) is 22.8. The molecule has 1 unspecified atom stereocenters. The van der Waals surface area contributed by atoms with Gasteiger partial charge in [-0.1, -0.05) is 0 Å². The fourth-order valence-corrected chi connectivity index (χ4v) is 4.53. The predicted octanol–water partition coefficient (Wildman–Crippen LogP) is 3.15. The number of esters is 1. The Hall–Kier alpha value is -2.96. The minimum Gasteiger partial charge on any atom is -0.462 e. The number of anilines is 2. The molecule has 0 saturated carbocycles. The van der Waals surface area contributed by atoms with Gasteiger partial charge in [-0.2, -0.15) is 13.2 Å². The standard InChI is InChI=1S/C21H24F4N4O4S/c1-4-33-19(30)16-11-26-20(27-13(16)2)29-8-7-28(12-15(29)10-21(23,24)25)14-5-6-17(22)18(9-14)34(3,31)32/h5-6,9,11,15H,4,7-8,10,12H2,1-3H3. The Kier molecular flexibility index (Phi) is 7.34. The summed E-state index contributed by atoms with van der Waals surface area (Å²) < 4.78 is 82.8. The molecular weight excluding hydrogens is 480 g/mol. The fourth-order valence-electron chi connectivity index (χ4n) is 3.77. The van der Waals surface area contributed by atoms with Crippen molar-refractivity contribution in [3.05, 3.63) is 41.5 Å². The predicted molar refractivity (Wildman–Crippen MR) is 116 cm³/mol. The van der Waals surface area contributed by atoms with Crippen molar-refractivity contribution in [3.63, 3.8) is 0 Å². The quantitative estimate of drug-likeness (QED) is 0.438. The van der Waals surface area contributed by atoms with E-state index in [1.165, 1.54) is 24.1 Å². The van der Waals surface area contributed by atoms with E-state index >= 15 is 0 Å². The highest BCUT2D eigenvalue weighted by Gasteiger charge is 2.39. The van der Waals surface area contributed by atoms with Gasteiger partial charge in [-0.15, -0.1) is 0 Å². The van der Waals surface area contributed by atoms with E-state index in [-0.39, 0.29) is 43.4 Å². The molecule has 2 heterocycles. The fraction of sp³-hybridized carbons (Fsp3) is 0.476. The number of sulfone groups is 1. The average Bonchev–Trinajstić information content (AvgIpc) is 2.72. The number of carbonyl (C=O) groups excluding carboxylic acids is 1. The van der Waals surface area contributed by atoms with Gasteiger partial charge in [0.1, 0.15) is 10.7 Å². The second kappa shape index (κ2) is 9.72. The van der Waals surface area contributed by atoms with Gasteiger partial charge in [0.2, 0.25) is 5.95 Å². The summed E-state index contributed by atoms with van der Waals surface area (Å²) >= 11 is 0. The highest BCUT2D eigenvalue weighted by molar-refractivity contribution is 7.90. The van der Waals surface area contributed by atoms with Gasteiger partial charge < -0.3 is 14.5 Å². The van der Waals surface area contributed by atoms with E-state index in [1.54, 1.807) is 11.8 Å². The summed E-state index contributed by atoms with van der Waals surface area (Å²) in [6, 6.07) is 2.34. The number of aryl methyl sites for hydroxylation is 1. The molecule has 1 saturated heterocycles. The van der Waals surface area contributed by atoms with Crippen LogP contribution in [-0.4, -0.2) is 69.1 Å². The molecule has 2 aromatic rings. The summed E-state index contributed by atoms with van der Waals surface area (Å²) in [5.41, 5.74) is 0.688. The smallest absolute Gasteiger partial charge is 0.391 e. The zero-order chi connectivity index (χ0) is 25.3. The van der Waals surface area contributed by atoms with Crippen molar-refractivity contribution in [2.75, 3.05) is 42.3 Å². The minimum absolute atomic E-state index is 0.0374. The highest BCUT2D eigenvalue weighted by atomic mass is 32.2. The van der Waals surface area contributed by atoms with Crippen molar-refractivity contribution in [2.45, 2.75) is 37.4 Å². The van der Waals surface area contributed by atoms with E-state index in [1.807, 2.05) is 0 Å². The normalized spacial score (nSPS) is 17.1. The van der Waals surface area contributed by atoms with Crippen LogP contribution in [0.4, 0.5) is 29.2 Å². The first kappa shape index (κ1) is 25.7. The van der Waals surface area contributed by atoms with Crippen molar-refractivity contribution < 1.29 is 35.5 Å². The number of nitrogens with zero attached hydrogens (tertiary/aromatic N) is 4. The Morgan fingerprint density at radius 2 is 1.97 bits per heavy atom. The summed E-state index contributed by atoms with van der Waals surface area (Å²) in [5.74, 6) is -1.51. The minimum atomic E-state index is -4.49. The lowest BCUT2D eigenvalue weighted by atomic mass is 10.1. The molecule has 186 valence electrons. The lowest BCUT2D eigenvalue weighted by Crippen LogP contribution is -2.55. The van der Waals surface area contributed by atoms with Crippen LogP contribution in [0.15, 0.2) is 29.3 Å². The maximum atomic E-state index is 14.0. The summed E-state index contributed by atoms with van der Waals surface area (Å²) in [6.07, 6.45) is -3.58. The molecule has 1 aromatic heterocycles. The number of hydrogen-bond acceptors (Lipinski definition) is 8. The van der Waals surface area contributed by atoms with Gasteiger partial charge in [0.05, 0.1) is 30.3 Å². The van der Waals surface area contributed by atoms with E-state index in [4.69, 9.17) is 4.74 Å². The van der Waals surface area contributed by atoms with Crippen molar-refractivity contribution in [3.8, 4) is 0 Å². The SMILES string of the molecule is CCOC(=O)c1cnc(N2CCN(c3ccc(F)c(S(C)(=O)=O)c3)CC2CC(F)(F)F)nc1C. The Labute approximate surface area is 194 Å². The first-order chi connectivity index (χ1) is 15.8. The average molecular weight is 505 g/mol. The number of benzene rings is 1. The van der Waals surface area contributed by atoms with Crippen LogP contribution in [0, 0.1) is 12.7 Å². The zero-order valence-corrected chi connectivity index (χ0v) is 19.6. The van der Waals surface area contributed by atoms with Gasteiger partial charge in [0.15, 0.2) is 9.84 Å². The van der Waals surface area contributed by atoms with Crippen LogP contribution < -0.4 is 9.80 Å². The lowest BCUT2D eigenvalue weighted by Gasteiger charge is -2.43. The molecule has 1 aliphatic heterocycles. The molecular formula is C21H24F4N4O4S. The number of alkyl halides is 3. The number of ether oxygens (including phenoxy) is 1. The van der Waals surface area contributed by atoms with E-state index < -0.39 is 45.2 Å². The monoisotopic (exact) mass is 504 g/mol. The van der Waals surface area contributed by atoms with Gasteiger partial charge in [-0.05, 0) is 32.0 Å². The molecule has 0 N–H and O–H groups in total. The van der Waals surface area contributed by atoms with E-state index in [0.717, 1.165) is 18.4 Å². The molecule has 13 heteroatoms. The second-order valence-electron chi connectivity index (χ2n) is 7.89. The van der Waals surface area contributed by atoms with Crippen molar-refractivity contribution in [1.82, 2.24) is 9.97 Å². The molecule has 1 fully saturated rings. The topological polar surface area (TPSA) is 92.7 Å². The molecule has 34 heavy (non-hydrogen) atoms. The molecule has 8 nitrogen and oxygen atoms in total. The number of rotatable bonds is 6. The molecule has 1 aliphatic rings. The van der Waals surface area contributed by atoms with Crippen LogP contribution in [-0.2, 0) is 14.6 Å². The first-order valence-electron chi connectivity index (χ1n) is 10.4. The Balaban J connectivity index is 1.91. The Bertz CT molecular complexity index is 1170. The van der Waals surface area contributed by atoms with Crippen molar-refractivity contribution >= 4 is 27.4 Å². The van der Waals surface area contributed by atoms with Gasteiger partial charge in [-0.25, -0.2) is 27.6 Å². The van der Waals surface area contributed by atoms with E-state index in [2.05, 4.69) is 9.97 Å². The van der Waals surface area contributed by atoms with Crippen LogP contribution in [0.25, 0.3) is 0 Å². The summed E-state index contributed by atoms with van der Waals surface area (Å²) in [7, 11) is -3.86. The van der Waals surface area contributed by atoms with Crippen LogP contribution in [0.2, 0.25) is 0 Å². The number of carbonyl (C=O) groups is 1. The zero-order valence-electron chi connectivity index (χ0n) is 18.8. The van der Waals surface area contributed by atoms with Crippen LogP contribution in [0.1, 0.15) is 29.4 Å². The molecule has 0 radical (unpaired) electrons. The molecule has 0 amide bonds. The first-order valence-corrected chi connectivity index (χ1v) is 12.3. The summed E-state index contributed by atoms with van der Waals surface area (Å²) in [5, 5.41) is 0. The van der Waals surface area contributed by atoms with Gasteiger partial charge >= 0.3 is 12.1 Å². The third kappa shape index (κ3) is 5.93. The van der Waals surface area contributed by atoms with E-state index in [9.17, 15) is 30.8 Å². The molecule has 0 bridgehead atoms. The maximum absolute atomic E-state index is 14.0. The van der Waals surface area contributed by atoms with Crippen LogP contribution in [0.3, 0.4) is 0 Å². The van der Waals surface area contributed by atoms with Crippen LogP contribution >= 0.6 is 0 Å². The van der Waals surface area contributed by atoms with Crippen molar-refractivity contribution in [1.29, 1.82) is 0 Å². The largest absolute Gasteiger partial charge is 0.462 e. The molecule has 1 atom stereocenters. The lowest BCUT2D eigenvalue weighted by molar-refractivity contribution is -0.138. The molecule has 0 spiro atoms. The Morgan fingerprint density at radius 1 is 1.26 bits per heavy atom. The Morgan fingerprint density at radius 3 is 2.56 bits per heavy atom. The van der Waals surface area contributed by atoms with Gasteiger partial charge in [-0.3, -0.25) is 0 Å². The van der Waals surface area contributed by atoms with Crippen LogP contribution in [0.5, 0.6) is 0 Å². The van der Waals surface area contributed by atoms with E-state index in [0.29, 0.717) is 5.69 Å². The summed E-state index contributed by atoms with van der Waals surface area (Å²) in [6.45, 7) is 3.51. The molecule has 3 rings (SSSR count). The number of piperazine rings is 1. The third-order valence-corrected chi connectivity index (χ3v) is 6.46. The van der Waals surface area contributed by atoms with Gasteiger partial charge in [0.25, 0.3) is 0 Å². The van der Waals surface area contributed by atoms with Crippen molar-refractivity contribution in [2.24, 2.45) is 0 Å². The maximum Gasteiger partial charge on any atom is 0.391 e.